The number of nitrogens with zero attached hydrogens (tertiary/aromatic N) is 5. The van der Waals surface area contributed by atoms with Gasteiger partial charge in [-0.05, 0) is 74.2 Å². The van der Waals surface area contributed by atoms with E-state index in [1.54, 1.807) is 11.8 Å². The summed E-state index contributed by atoms with van der Waals surface area (Å²) in [6.07, 6.45) is 2.48. The fourth-order valence-electron chi connectivity index (χ4n) is 5.50. The van der Waals surface area contributed by atoms with Crippen LogP contribution in [0.5, 0.6) is 0 Å². The third-order valence-corrected chi connectivity index (χ3v) is 8.77. The predicted molar refractivity (Wildman–Crippen MR) is 139 cm³/mol. The lowest BCUT2D eigenvalue weighted by Gasteiger charge is -2.21. The van der Waals surface area contributed by atoms with Gasteiger partial charge in [0.25, 0.3) is 0 Å². The van der Waals surface area contributed by atoms with Gasteiger partial charge in [-0.25, -0.2) is 0 Å². The van der Waals surface area contributed by atoms with Crippen molar-refractivity contribution in [3.05, 3.63) is 70.9 Å². The molecule has 0 N–H and O–H groups in total. The molecule has 1 saturated heterocycles. The van der Waals surface area contributed by atoms with Gasteiger partial charge in [0.2, 0.25) is 0 Å². The largest absolute Gasteiger partial charge is 0.305 e. The Hall–Kier alpha value is -2.41. The standard InChI is InChI=1S/C27H28ClN5S/c1-18-4-5-19-14-20(6-11-24(19)29-18)25-30-31-26(32(25)2)34-13-3-12-33-16-22-15-27(22,17-33)21-7-9-23(28)10-8-21/h4-11,14,22H,3,12-13,15-17H2,1-2H3/t22-,27+/m0/s1. The number of hydrogen-bond acceptors (Lipinski definition) is 5. The summed E-state index contributed by atoms with van der Waals surface area (Å²) in [4.78, 5) is 7.23. The number of hydrogen-bond donors (Lipinski definition) is 0. The van der Waals surface area contributed by atoms with Gasteiger partial charge in [0.15, 0.2) is 11.0 Å². The van der Waals surface area contributed by atoms with Crippen LogP contribution in [-0.4, -0.2) is 50.0 Å². The molecule has 7 heteroatoms. The number of halogens is 1. The van der Waals surface area contributed by atoms with Crippen LogP contribution in [0.3, 0.4) is 0 Å². The molecule has 2 atom stereocenters. The number of thioether (sulfide) groups is 1. The molecule has 6 rings (SSSR count). The first-order chi connectivity index (χ1) is 16.5. The molecule has 0 spiro atoms. The average Bonchev–Trinajstić information content (AvgIpc) is 3.21. The molecule has 1 aliphatic carbocycles. The van der Waals surface area contributed by atoms with E-state index in [9.17, 15) is 0 Å². The van der Waals surface area contributed by atoms with Gasteiger partial charge in [0.1, 0.15) is 0 Å². The third kappa shape index (κ3) is 4.02. The van der Waals surface area contributed by atoms with Crippen molar-refractivity contribution >= 4 is 34.3 Å². The fourth-order valence-corrected chi connectivity index (χ4v) is 6.46. The van der Waals surface area contributed by atoms with E-state index in [0.29, 0.717) is 5.41 Å². The molecule has 2 fully saturated rings. The van der Waals surface area contributed by atoms with Crippen molar-refractivity contribution in [3.8, 4) is 11.4 Å². The molecule has 0 bridgehead atoms. The van der Waals surface area contributed by atoms with Gasteiger partial charge in [-0.3, -0.25) is 4.98 Å². The highest BCUT2D eigenvalue weighted by Gasteiger charge is 2.60. The number of piperidine rings is 1. The minimum Gasteiger partial charge on any atom is -0.305 e. The summed E-state index contributed by atoms with van der Waals surface area (Å²) in [5.41, 5.74) is 4.96. The van der Waals surface area contributed by atoms with Crippen molar-refractivity contribution in [2.75, 3.05) is 25.4 Å². The van der Waals surface area contributed by atoms with Crippen molar-refractivity contribution in [3.63, 3.8) is 0 Å². The van der Waals surface area contributed by atoms with Crippen molar-refractivity contribution in [2.45, 2.75) is 30.3 Å². The molecule has 4 aromatic rings. The van der Waals surface area contributed by atoms with E-state index in [1.165, 1.54) is 25.1 Å². The highest BCUT2D eigenvalue weighted by molar-refractivity contribution is 7.99. The number of fused-ring (bicyclic) bond motifs is 2. The first-order valence-electron chi connectivity index (χ1n) is 11.9. The van der Waals surface area contributed by atoms with Crippen LogP contribution >= 0.6 is 23.4 Å². The Morgan fingerprint density at radius 3 is 2.79 bits per heavy atom. The Bertz CT molecular complexity index is 1350. The van der Waals surface area contributed by atoms with E-state index in [2.05, 4.69) is 68.1 Å². The molecule has 2 aliphatic rings. The minimum atomic E-state index is 0.379. The lowest BCUT2D eigenvalue weighted by Crippen LogP contribution is -2.27. The van der Waals surface area contributed by atoms with Gasteiger partial charge < -0.3 is 9.47 Å². The highest BCUT2D eigenvalue weighted by Crippen LogP contribution is 2.59. The molecule has 2 aromatic carbocycles. The maximum Gasteiger partial charge on any atom is 0.191 e. The lowest BCUT2D eigenvalue weighted by atomic mass is 9.95. The van der Waals surface area contributed by atoms with Crippen LogP contribution in [0.2, 0.25) is 5.02 Å². The zero-order chi connectivity index (χ0) is 23.3. The highest BCUT2D eigenvalue weighted by atomic mass is 35.5. The monoisotopic (exact) mass is 489 g/mol. The topological polar surface area (TPSA) is 46.8 Å². The zero-order valence-electron chi connectivity index (χ0n) is 19.5. The normalized spacial score (nSPS) is 21.8. The average molecular weight is 490 g/mol. The first kappa shape index (κ1) is 22.1. The second kappa shape index (κ2) is 8.67. The summed E-state index contributed by atoms with van der Waals surface area (Å²) in [5.74, 6) is 2.75. The van der Waals surface area contributed by atoms with E-state index in [4.69, 9.17) is 11.6 Å². The van der Waals surface area contributed by atoms with Crippen LogP contribution in [0, 0.1) is 12.8 Å². The Labute approximate surface area is 209 Å². The summed E-state index contributed by atoms with van der Waals surface area (Å²) in [5, 5.41) is 11.9. The Morgan fingerprint density at radius 2 is 1.94 bits per heavy atom. The fraction of sp³-hybridized carbons (Fsp3) is 0.370. The number of likely N-dealkylation sites (tertiary alicyclic amines) is 1. The van der Waals surface area contributed by atoms with E-state index in [1.807, 2.05) is 25.1 Å². The minimum absolute atomic E-state index is 0.379. The number of pyridine rings is 1. The summed E-state index contributed by atoms with van der Waals surface area (Å²) in [6.45, 7) is 5.55. The van der Waals surface area contributed by atoms with E-state index < -0.39 is 0 Å². The van der Waals surface area contributed by atoms with Crippen molar-refractivity contribution in [1.29, 1.82) is 0 Å². The van der Waals surface area contributed by atoms with Gasteiger partial charge in [0.05, 0.1) is 5.52 Å². The zero-order valence-corrected chi connectivity index (χ0v) is 21.1. The number of aromatic nitrogens is 4. The smallest absolute Gasteiger partial charge is 0.191 e. The second-order valence-corrected chi connectivity index (χ2v) is 11.2. The van der Waals surface area contributed by atoms with Gasteiger partial charge >= 0.3 is 0 Å². The van der Waals surface area contributed by atoms with Gasteiger partial charge in [0, 0.05) is 53.0 Å². The maximum atomic E-state index is 6.09. The quantitative estimate of drug-likeness (QED) is 0.244. The summed E-state index contributed by atoms with van der Waals surface area (Å²) < 4.78 is 2.11. The summed E-state index contributed by atoms with van der Waals surface area (Å²) >= 11 is 7.89. The number of aryl methyl sites for hydroxylation is 1. The molecule has 0 amide bonds. The molecule has 3 heterocycles. The van der Waals surface area contributed by atoms with Crippen molar-refractivity contribution in [2.24, 2.45) is 13.0 Å². The molecular formula is C27H28ClN5S. The Kier molecular flexibility index (Phi) is 5.63. The SMILES string of the molecule is Cc1ccc2cc(-c3nnc(SCCCN4C[C@@H]5C[C@]5(c5ccc(Cl)cc5)C4)n3C)ccc2n1. The van der Waals surface area contributed by atoms with Crippen LogP contribution in [0.15, 0.2) is 59.8 Å². The Morgan fingerprint density at radius 1 is 1.09 bits per heavy atom. The molecular weight excluding hydrogens is 462 g/mol. The van der Waals surface area contributed by atoms with Gasteiger partial charge in [-0.2, -0.15) is 0 Å². The Balaban J connectivity index is 1.04. The second-order valence-electron chi connectivity index (χ2n) is 9.73. The van der Waals surface area contributed by atoms with Crippen LogP contribution in [0.4, 0.5) is 0 Å². The maximum absolute atomic E-state index is 6.09. The molecule has 1 saturated carbocycles. The third-order valence-electron chi connectivity index (χ3n) is 7.41. The summed E-state index contributed by atoms with van der Waals surface area (Å²) in [7, 11) is 2.05. The van der Waals surface area contributed by atoms with E-state index in [0.717, 1.165) is 62.8 Å². The van der Waals surface area contributed by atoms with Crippen LogP contribution < -0.4 is 0 Å². The predicted octanol–water partition coefficient (Wildman–Crippen LogP) is 5.75. The van der Waals surface area contributed by atoms with Crippen LogP contribution in [0.1, 0.15) is 24.1 Å². The number of rotatable bonds is 7. The molecule has 5 nitrogen and oxygen atoms in total. The molecule has 0 unspecified atom stereocenters. The van der Waals surface area contributed by atoms with E-state index in [-0.39, 0.29) is 0 Å². The van der Waals surface area contributed by atoms with Crippen LogP contribution in [0.25, 0.3) is 22.3 Å². The molecule has 2 aromatic heterocycles. The molecule has 1 aliphatic heterocycles. The first-order valence-corrected chi connectivity index (χ1v) is 13.3. The van der Waals surface area contributed by atoms with Crippen LogP contribution in [-0.2, 0) is 12.5 Å². The lowest BCUT2D eigenvalue weighted by molar-refractivity contribution is 0.299. The summed E-state index contributed by atoms with van der Waals surface area (Å²) in [6, 6.07) is 19.0. The van der Waals surface area contributed by atoms with E-state index >= 15 is 0 Å². The van der Waals surface area contributed by atoms with Crippen molar-refractivity contribution < 1.29 is 0 Å². The molecule has 174 valence electrons. The molecule has 34 heavy (non-hydrogen) atoms. The van der Waals surface area contributed by atoms with Gasteiger partial charge in [-0.1, -0.05) is 41.6 Å². The number of benzene rings is 2. The van der Waals surface area contributed by atoms with Crippen molar-refractivity contribution in [1.82, 2.24) is 24.6 Å². The van der Waals surface area contributed by atoms with Gasteiger partial charge in [-0.15, -0.1) is 10.2 Å². The molecule has 0 radical (unpaired) electrons.